The van der Waals surface area contributed by atoms with E-state index in [-0.39, 0.29) is 23.5 Å². The van der Waals surface area contributed by atoms with Crippen LogP contribution in [-0.2, 0) is 4.79 Å². The van der Waals surface area contributed by atoms with Crippen molar-refractivity contribution in [3.05, 3.63) is 64.7 Å². The molecule has 4 rings (SSSR count). The van der Waals surface area contributed by atoms with E-state index < -0.39 is 0 Å². The van der Waals surface area contributed by atoms with Crippen molar-refractivity contribution in [1.29, 1.82) is 0 Å². The molecule has 6 nitrogen and oxygen atoms in total. The zero-order valence-corrected chi connectivity index (χ0v) is 20.3. The lowest BCUT2D eigenvalue weighted by molar-refractivity contribution is -0.113. The maximum absolute atomic E-state index is 13.6. The molecule has 1 saturated heterocycles. The van der Waals surface area contributed by atoms with Crippen molar-refractivity contribution in [3.8, 4) is 5.69 Å². The first-order valence-corrected chi connectivity index (χ1v) is 12.4. The maximum Gasteiger partial charge on any atom is 0.234 e. The molecule has 1 unspecified atom stereocenters. The lowest BCUT2D eigenvalue weighted by atomic mass is 10.1. The molecule has 0 aliphatic carbocycles. The summed E-state index contributed by atoms with van der Waals surface area (Å²) in [5.41, 5.74) is 2.39. The predicted octanol–water partition coefficient (Wildman–Crippen LogP) is 5.65. The highest BCUT2D eigenvalue weighted by Crippen LogP contribution is 2.30. The Labute approximate surface area is 202 Å². The lowest BCUT2D eigenvalue weighted by Gasteiger charge is -2.31. The van der Waals surface area contributed by atoms with Crippen molar-refractivity contribution in [3.63, 3.8) is 0 Å². The first-order valence-electron chi connectivity index (χ1n) is 11.1. The minimum Gasteiger partial charge on any atom is -0.325 e. The van der Waals surface area contributed by atoms with Crippen molar-refractivity contribution in [2.45, 2.75) is 44.3 Å². The summed E-state index contributed by atoms with van der Waals surface area (Å²) in [6.45, 7) is 6.07. The molecule has 2 heterocycles. The summed E-state index contributed by atoms with van der Waals surface area (Å²) in [6.07, 6.45) is 3.58. The fourth-order valence-corrected chi connectivity index (χ4v) is 4.92. The van der Waals surface area contributed by atoms with Crippen LogP contribution in [0, 0.1) is 12.7 Å². The maximum atomic E-state index is 13.6. The number of amides is 1. The molecular formula is C24H27ClFN5OS. The van der Waals surface area contributed by atoms with E-state index in [9.17, 15) is 9.18 Å². The molecule has 0 radical (unpaired) electrons. The summed E-state index contributed by atoms with van der Waals surface area (Å²) in [5.74, 6) is 0.480. The van der Waals surface area contributed by atoms with Gasteiger partial charge in [0.1, 0.15) is 5.82 Å². The van der Waals surface area contributed by atoms with Gasteiger partial charge >= 0.3 is 0 Å². The van der Waals surface area contributed by atoms with Crippen LogP contribution < -0.4 is 5.32 Å². The van der Waals surface area contributed by atoms with Gasteiger partial charge in [0.25, 0.3) is 0 Å². The highest BCUT2D eigenvalue weighted by Gasteiger charge is 2.26. The molecule has 0 saturated carbocycles. The number of hydrogen-bond acceptors (Lipinski definition) is 5. The molecule has 9 heteroatoms. The molecule has 1 aliphatic heterocycles. The number of aromatic nitrogens is 3. The van der Waals surface area contributed by atoms with Crippen molar-refractivity contribution in [1.82, 2.24) is 19.7 Å². The van der Waals surface area contributed by atoms with Crippen LogP contribution in [0.15, 0.2) is 47.6 Å². The minimum atomic E-state index is -0.303. The molecule has 1 amide bonds. The highest BCUT2D eigenvalue weighted by molar-refractivity contribution is 7.99. The fourth-order valence-electron chi connectivity index (χ4n) is 3.99. The Kier molecular flexibility index (Phi) is 7.67. The first kappa shape index (κ1) is 23.7. The molecule has 0 bridgehead atoms. The van der Waals surface area contributed by atoms with E-state index in [4.69, 9.17) is 11.6 Å². The van der Waals surface area contributed by atoms with Gasteiger partial charge in [0.05, 0.1) is 11.8 Å². The number of aryl methyl sites for hydroxylation is 1. The average molecular weight is 488 g/mol. The Hall–Kier alpha value is -2.42. The third-order valence-corrected chi connectivity index (χ3v) is 7.03. The van der Waals surface area contributed by atoms with Crippen molar-refractivity contribution < 1.29 is 9.18 Å². The summed E-state index contributed by atoms with van der Waals surface area (Å²) in [4.78, 5) is 15.0. The van der Waals surface area contributed by atoms with Gasteiger partial charge in [0.15, 0.2) is 11.0 Å². The van der Waals surface area contributed by atoms with Crippen LogP contribution in [-0.4, -0.2) is 44.4 Å². The van der Waals surface area contributed by atoms with Gasteiger partial charge in [0.2, 0.25) is 5.91 Å². The van der Waals surface area contributed by atoms with Crippen LogP contribution in [0.25, 0.3) is 5.69 Å². The summed E-state index contributed by atoms with van der Waals surface area (Å²) in [5, 5.41) is 13.0. The smallest absolute Gasteiger partial charge is 0.234 e. The number of thioether (sulfide) groups is 1. The number of piperidine rings is 1. The van der Waals surface area contributed by atoms with Crippen LogP contribution in [0.1, 0.15) is 43.6 Å². The molecule has 1 aromatic heterocycles. The zero-order chi connectivity index (χ0) is 23.4. The number of halogens is 2. The second-order valence-electron chi connectivity index (χ2n) is 8.22. The first-order chi connectivity index (χ1) is 15.9. The van der Waals surface area contributed by atoms with Crippen molar-refractivity contribution in [2.75, 3.05) is 24.2 Å². The lowest BCUT2D eigenvalue weighted by Crippen LogP contribution is -2.33. The van der Waals surface area contributed by atoms with Gasteiger partial charge in [-0.25, -0.2) is 4.39 Å². The molecule has 1 atom stereocenters. The number of nitrogens with zero attached hydrogens (tertiary/aromatic N) is 4. The zero-order valence-electron chi connectivity index (χ0n) is 18.7. The van der Waals surface area contributed by atoms with Gasteiger partial charge < -0.3 is 5.32 Å². The van der Waals surface area contributed by atoms with Crippen LogP contribution >= 0.6 is 23.4 Å². The van der Waals surface area contributed by atoms with Gasteiger partial charge in [-0.1, -0.05) is 35.9 Å². The van der Waals surface area contributed by atoms with E-state index in [0.717, 1.165) is 30.2 Å². The molecule has 1 fully saturated rings. The van der Waals surface area contributed by atoms with E-state index in [0.29, 0.717) is 15.9 Å². The number of carbonyl (C=O) groups excluding carboxylic acids is 1. The average Bonchev–Trinajstić information content (AvgIpc) is 3.24. The molecule has 1 N–H and O–H groups in total. The third kappa shape index (κ3) is 5.75. The van der Waals surface area contributed by atoms with Gasteiger partial charge in [-0.2, -0.15) is 0 Å². The SMILES string of the molecule is Cc1ccc(Cl)cc1NC(=O)CSc1nnc(C(C)N2CCCCC2)n1-c1ccc(F)cc1. The Bertz CT molecular complexity index is 1110. The number of nitrogens with one attached hydrogen (secondary N) is 1. The molecule has 33 heavy (non-hydrogen) atoms. The number of hydrogen-bond donors (Lipinski definition) is 1. The van der Waals surface area contributed by atoms with Gasteiger partial charge in [0, 0.05) is 16.4 Å². The Balaban J connectivity index is 1.55. The Morgan fingerprint density at radius 1 is 1.15 bits per heavy atom. The second-order valence-corrected chi connectivity index (χ2v) is 9.60. The summed E-state index contributed by atoms with van der Waals surface area (Å²) < 4.78 is 15.5. The second kappa shape index (κ2) is 10.7. The largest absolute Gasteiger partial charge is 0.325 e. The minimum absolute atomic E-state index is 0.0557. The van der Waals surface area contributed by atoms with Crippen LogP contribution in [0.5, 0.6) is 0 Å². The van der Waals surface area contributed by atoms with Gasteiger partial charge in [-0.15, -0.1) is 10.2 Å². The Morgan fingerprint density at radius 3 is 2.61 bits per heavy atom. The summed E-state index contributed by atoms with van der Waals surface area (Å²) in [7, 11) is 0. The predicted molar refractivity (Wildman–Crippen MR) is 131 cm³/mol. The van der Waals surface area contributed by atoms with E-state index in [1.807, 2.05) is 17.6 Å². The van der Waals surface area contributed by atoms with Crippen LogP contribution in [0.2, 0.25) is 5.02 Å². The molecule has 0 spiro atoms. The quantitative estimate of drug-likeness (QED) is 0.436. The monoisotopic (exact) mass is 487 g/mol. The normalized spacial score (nSPS) is 15.4. The fraction of sp³-hybridized carbons (Fsp3) is 0.375. The van der Waals surface area contributed by atoms with Crippen LogP contribution in [0.3, 0.4) is 0 Å². The Morgan fingerprint density at radius 2 is 1.88 bits per heavy atom. The molecule has 1 aliphatic rings. The molecule has 3 aromatic rings. The topological polar surface area (TPSA) is 63.1 Å². The van der Waals surface area contributed by atoms with E-state index in [2.05, 4.69) is 27.3 Å². The molecule has 2 aromatic carbocycles. The van der Waals surface area contributed by atoms with E-state index >= 15 is 0 Å². The van der Waals surface area contributed by atoms with Crippen LogP contribution in [0.4, 0.5) is 10.1 Å². The van der Waals surface area contributed by atoms with Crippen molar-refractivity contribution >= 4 is 35.0 Å². The van der Waals surface area contributed by atoms with Gasteiger partial charge in [-0.3, -0.25) is 14.3 Å². The molecule has 174 valence electrons. The number of benzene rings is 2. The van der Waals surface area contributed by atoms with Crippen molar-refractivity contribution in [2.24, 2.45) is 0 Å². The van der Waals surface area contributed by atoms with E-state index in [1.54, 1.807) is 24.3 Å². The van der Waals surface area contributed by atoms with Gasteiger partial charge in [-0.05, 0) is 81.7 Å². The number of carbonyl (C=O) groups is 1. The highest BCUT2D eigenvalue weighted by atomic mass is 35.5. The number of anilines is 1. The number of rotatable bonds is 7. The standard InChI is InChI=1S/C24H27ClFN5OS/c1-16-6-7-18(25)14-21(16)27-22(32)15-33-24-29-28-23(17(2)30-12-4-3-5-13-30)31(24)20-10-8-19(26)9-11-20/h6-11,14,17H,3-5,12-13,15H2,1-2H3,(H,27,32). The number of likely N-dealkylation sites (tertiary alicyclic amines) is 1. The third-order valence-electron chi connectivity index (χ3n) is 5.86. The summed E-state index contributed by atoms with van der Waals surface area (Å²) >= 11 is 7.36. The molecular weight excluding hydrogens is 461 g/mol. The summed E-state index contributed by atoms with van der Waals surface area (Å²) in [6, 6.07) is 11.7. The van der Waals surface area contributed by atoms with E-state index in [1.165, 1.54) is 43.2 Å².